The predicted molar refractivity (Wildman–Crippen MR) is 36.3 cm³/mol. The average molecular weight is 146 g/mol. The lowest BCUT2D eigenvalue weighted by Gasteiger charge is -2.31. The molecule has 1 saturated heterocycles. The van der Waals surface area contributed by atoms with Gasteiger partial charge in [0.2, 0.25) is 0 Å². The fourth-order valence-corrected chi connectivity index (χ4v) is 0.986. The second-order valence-corrected chi connectivity index (χ2v) is 2.38. The van der Waals surface area contributed by atoms with Crippen LogP contribution in [-0.4, -0.2) is 18.9 Å². The van der Waals surface area contributed by atoms with Gasteiger partial charge in [-0.3, -0.25) is 0 Å². The zero-order valence-corrected chi connectivity index (χ0v) is 6.66. The highest BCUT2D eigenvalue weighted by molar-refractivity contribution is 4.49. The Kier molecular flexibility index (Phi) is 2.65. The lowest BCUT2D eigenvalue weighted by atomic mass is 10.4. The van der Waals surface area contributed by atoms with Crippen LogP contribution in [0.1, 0.15) is 27.2 Å². The van der Waals surface area contributed by atoms with E-state index in [1.165, 1.54) is 0 Å². The fraction of sp³-hybridized carbons (Fsp3) is 1.00. The Labute approximate surface area is 61.3 Å². The molecular weight excluding hydrogens is 132 g/mol. The first-order chi connectivity index (χ1) is 4.72. The van der Waals surface area contributed by atoms with Gasteiger partial charge in [0.1, 0.15) is 0 Å². The molecule has 2 unspecified atom stereocenters. The third-order valence-corrected chi connectivity index (χ3v) is 1.40. The molecule has 3 nitrogen and oxygen atoms in total. The monoisotopic (exact) mass is 146 g/mol. The summed E-state index contributed by atoms with van der Waals surface area (Å²) in [6.45, 7) is 5.78. The summed E-state index contributed by atoms with van der Waals surface area (Å²) in [4.78, 5) is 0. The molecule has 0 N–H and O–H groups in total. The summed E-state index contributed by atoms with van der Waals surface area (Å²) in [6.07, 6.45) is 0.527. The van der Waals surface area contributed by atoms with Crippen molar-refractivity contribution in [2.75, 3.05) is 0 Å². The average Bonchev–Trinajstić information content (AvgIpc) is 1.85. The van der Waals surface area contributed by atoms with Crippen molar-refractivity contribution in [1.82, 2.24) is 0 Å². The highest BCUT2D eigenvalue weighted by Crippen LogP contribution is 2.16. The summed E-state index contributed by atoms with van der Waals surface area (Å²) < 4.78 is 15.7. The summed E-state index contributed by atoms with van der Waals surface area (Å²) in [5.41, 5.74) is 0. The van der Waals surface area contributed by atoms with Crippen molar-refractivity contribution in [3.8, 4) is 0 Å². The third kappa shape index (κ3) is 1.94. The third-order valence-electron chi connectivity index (χ3n) is 1.40. The van der Waals surface area contributed by atoms with Crippen molar-refractivity contribution < 1.29 is 14.2 Å². The molecule has 60 valence electrons. The van der Waals surface area contributed by atoms with E-state index in [1.807, 2.05) is 20.8 Å². The Morgan fingerprint density at radius 3 is 1.90 bits per heavy atom. The first-order valence-corrected chi connectivity index (χ1v) is 3.68. The fourth-order valence-electron chi connectivity index (χ4n) is 0.986. The molecule has 1 aliphatic rings. The van der Waals surface area contributed by atoms with E-state index in [1.54, 1.807) is 0 Å². The summed E-state index contributed by atoms with van der Waals surface area (Å²) in [7, 11) is 0. The van der Waals surface area contributed by atoms with E-state index in [4.69, 9.17) is 14.2 Å². The van der Waals surface area contributed by atoms with Gasteiger partial charge in [-0.25, -0.2) is 0 Å². The molecule has 1 aliphatic heterocycles. The van der Waals surface area contributed by atoms with E-state index in [9.17, 15) is 0 Å². The van der Waals surface area contributed by atoms with Crippen molar-refractivity contribution in [2.45, 2.75) is 46.1 Å². The van der Waals surface area contributed by atoms with Crippen molar-refractivity contribution in [3.05, 3.63) is 0 Å². The van der Waals surface area contributed by atoms with Crippen molar-refractivity contribution in [3.63, 3.8) is 0 Å². The van der Waals surface area contributed by atoms with Gasteiger partial charge in [0.15, 0.2) is 18.9 Å². The molecule has 0 saturated carbocycles. The summed E-state index contributed by atoms with van der Waals surface area (Å²) in [5, 5.41) is 0. The normalized spacial score (nSPS) is 41.7. The van der Waals surface area contributed by atoms with Crippen LogP contribution in [0.2, 0.25) is 0 Å². The van der Waals surface area contributed by atoms with Gasteiger partial charge in [-0.1, -0.05) is 6.92 Å². The van der Waals surface area contributed by atoms with E-state index in [0.29, 0.717) is 0 Å². The van der Waals surface area contributed by atoms with Crippen molar-refractivity contribution in [2.24, 2.45) is 0 Å². The van der Waals surface area contributed by atoms with Crippen LogP contribution < -0.4 is 0 Å². The molecule has 0 radical (unpaired) electrons. The smallest absolute Gasteiger partial charge is 0.163 e. The summed E-state index contributed by atoms with van der Waals surface area (Å²) in [5.74, 6) is 0. The second-order valence-electron chi connectivity index (χ2n) is 2.38. The summed E-state index contributed by atoms with van der Waals surface area (Å²) >= 11 is 0. The van der Waals surface area contributed by atoms with Crippen molar-refractivity contribution in [1.29, 1.82) is 0 Å². The maximum Gasteiger partial charge on any atom is 0.163 e. The highest BCUT2D eigenvalue weighted by Gasteiger charge is 2.23. The standard InChI is InChI=1S/C7H14O3/c1-4-7-9-5(2)8-6(3)10-7/h5-7H,4H2,1-3H3. The van der Waals surface area contributed by atoms with Crippen molar-refractivity contribution >= 4 is 0 Å². The number of rotatable bonds is 1. The van der Waals surface area contributed by atoms with Crippen LogP contribution in [0.15, 0.2) is 0 Å². The van der Waals surface area contributed by atoms with Crippen LogP contribution >= 0.6 is 0 Å². The number of hydrogen-bond acceptors (Lipinski definition) is 3. The quantitative estimate of drug-likeness (QED) is 0.560. The lowest BCUT2D eigenvalue weighted by Crippen LogP contribution is -2.37. The van der Waals surface area contributed by atoms with Gasteiger partial charge < -0.3 is 14.2 Å². The minimum absolute atomic E-state index is 0.0845. The minimum Gasteiger partial charge on any atom is -0.324 e. The Hall–Kier alpha value is -0.120. The van der Waals surface area contributed by atoms with Crippen LogP contribution in [-0.2, 0) is 14.2 Å². The van der Waals surface area contributed by atoms with Crippen LogP contribution in [0.4, 0.5) is 0 Å². The van der Waals surface area contributed by atoms with E-state index >= 15 is 0 Å². The highest BCUT2D eigenvalue weighted by atomic mass is 16.9. The molecule has 1 rings (SSSR count). The molecule has 10 heavy (non-hydrogen) atoms. The van der Waals surface area contributed by atoms with Gasteiger partial charge in [0.05, 0.1) is 0 Å². The Balaban J connectivity index is 2.35. The molecular formula is C7H14O3. The van der Waals surface area contributed by atoms with E-state index in [0.717, 1.165) is 6.42 Å². The lowest BCUT2D eigenvalue weighted by molar-refractivity contribution is -0.373. The van der Waals surface area contributed by atoms with Crippen LogP contribution in [0.25, 0.3) is 0 Å². The molecule has 0 aromatic rings. The number of ether oxygens (including phenoxy) is 3. The van der Waals surface area contributed by atoms with E-state index in [2.05, 4.69) is 0 Å². The van der Waals surface area contributed by atoms with Gasteiger partial charge >= 0.3 is 0 Å². The summed E-state index contributed by atoms with van der Waals surface area (Å²) in [6, 6.07) is 0. The first kappa shape index (κ1) is 7.98. The molecule has 0 spiro atoms. The molecule has 0 bridgehead atoms. The van der Waals surface area contributed by atoms with Gasteiger partial charge in [-0.05, 0) is 20.3 Å². The maximum absolute atomic E-state index is 5.26. The molecule has 3 heteroatoms. The Morgan fingerprint density at radius 2 is 1.50 bits per heavy atom. The maximum atomic E-state index is 5.26. The Morgan fingerprint density at radius 1 is 1.00 bits per heavy atom. The van der Waals surface area contributed by atoms with Gasteiger partial charge in [0.25, 0.3) is 0 Å². The van der Waals surface area contributed by atoms with Gasteiger partial charge in [0, 0.05) is 0 Å². The minimum atomic E-state index is -0.131. The van der Waals surface area contributed by atoms with Crippen LogP contribution in [0, 0.1) is 0 Å². The molecule has 0 aromatic heterocycles. The van der Waals surface area contributed by atoms with Crippen LogP contribution in [0.3, 0.4) is 0 Å². The molecule has 2 atom stereocenters. The van der Waals surface area contributed by atoms with Crippen LogP contribution in [0.5, 0.6) is 0 Å². The Bertz CT molecular complexity index is 95.0. The zero-order valence-electron chi connectivity index (χ0n) is 6.66. The topological polar surface area (TPSA) is 27.7 Å². The SMILES string of the molecule is CCC1OC(C)OC(C)O1. The second kappa shape index (κ2) is 3.32. The molecule has 0 aliphatic carbocycles. The molecule has 0 amide bonds. The first-order valence-electron chi connectivity index (χ1n) is 3.68. The predicted octanol–water partition coefficient (Wildman–Crippen LogP) is 1.48. The molecule has 1 fully saturated rings. The van der Waals surface area contributed by atoms with Gasteiger partial charge in [-0.15, -0.1) is 0 Å². The number of hydrogen-bond donors (Lipinski definition) is 0. The zero-order chi connectivity index (χ0) is 7.56. The molecule has 0 aromatic carbocycles. The largest absolute Gasteiger partial charge is 0.324 e. The van der Waals surface area contributed by atoms with Gasteiger partial charge in [-0.2, -0.15) is 0 Å². The van der Waals surface area contributed by atoms with E-state index in [-0.39, 0.29) is 18.9 Å². The van der Waals surface area contributed by atoms with E-state index < -0.39 is 0 Å². The molecule has 1 heterocycles.